The van der Waals surface area contributed by atoms with Crippen LogP contribution < -0.4 is 4.74 Å². The van der Waals surface area contributed by atoms with Gasteiger partial charge in [-0.1, -0.05) is 48.6 Å². The van der Waals surface area contributed by atoms with E-state index in [0.717, 1.165) is 11.1 Å². The fourth-order valence-electron chi connectivity index (χ4n) is 2.13. The zero-order valence-corrected chi connectivity index (χ0v) is 14.3. The minimum atomic E-state index is -0.463. The number of hydrogen-bond acceptors (Lipinski definition) is 3. The first-order valence-corrected chi connectivity index (χ1v) is 7.84. The van der Waals surface area contributed by atoms with Gasteiger partial charge in [0.1, 0.15) is 5.75 Å². The third kappa shape index (κ3) is 5.05. The molecule has 2 rings (SSSR count). The van der Waals surface area contributed by atoms with Crippen molar-refractivity contribution >= 4 is 11.5 Å². The van der Waals surface area contributed by atoms with Crippen LogP contribution in [0.4, 0.5) is 0 Å². The lowest BCUT2D eigenvalue weighted by molar-refractivity contribution is 0.0735. The molecule has 0 aliphatic carbocycles. The first-order valence-electron chi connectivity index (χ1n) is 7.84. The van der Waals surface area contributed by atoms with Gasteiger partial charge in [0.15, 0.2) is 0 Å². The number of carbonyl (C=O) groups is 1. The Hall–Kier alpha value is -3.38. The average molecular weight is 329 g/mol. The van der Waals surface area contributed by atoms with Crippen molar-refractivity contribution in [2.24, 2.45) is 0 Å². The summed E-state index contributed by atoms with van der Waals surface area (Å²) in [7, 11) is 0. The van der Waals surface area contributed by atoms with Gasteiger partial charge in [-0.05, 0) is 55.3 Å². The molecule has 0 radical (unpaired) electrons. The largest absolute Gasteiger partial charge is 0.423 e. The van der Waals surface area contributed by atoms with Gasteiger partial charge in [0, 0.05) is 0 Å². The van der Waals surface area contributed by atoms with E-state index in [1.165, 1.54) is 11.6 Å². The lowest BCUT2D eigenvalue weighted by Gasteiger charge is -2.06. The predicted molar refractivity (Wildman–Crippen MR) is 100 cm³/mol. The smallest absolute Gasteiger partial charge is 0.343 e. The second-order valence-electron chi connectivity index (χ2n) is 5.68. The van der Waals surface area contributed by atoms with Gasteiger partial charge in [-0.3, -0.25) is 0 Å². The van der Waals surface area contributed by atoms with E-state index < -0.39 is 5.97 Å². The van der Waals surface area contributed by atoms with Gasteiger partial charge in [-0.25, -0.2) is 4.79 Å². The predicted octanol–water partition coefficient (Wildman–Crippen LogP) is 5.31. The summed E-state index contributed by atoms with van der Waals surface area (Å²) in [4.78, 5) is 12.2. The summed E-state index contributed by atoms with van der Waals surface area (Å²) in [6.07, 6.45) is 5.78. The number of ether oxygens (including phenoxy) is 1. The molecule has 0 bridgehead atoms. The van der Waals surface area contributed by atoms with E-state index in [9.17, 15) is 4.79 Å². The summed E-state index contributed by atoms with van der Waals surface area (Å²) in [6, 6.07) is 15.7. The van der Waals surface area contributed by atoms with Crippen molar-refractivity contribution in [3.63, 3.8) is 0 Å². The van der Waals surface area contributed by atoms with Crippen LogP contribution in [-0.4, -0.2) is 5.97 Å². The Labute approximate surface area is 148 Å². The molecular formula is C22H19NO2. The van der Waals surface area contributed by atoms with E-state index >= 15 is 0 Å². The Balaban J connectivity index is 2.17. The Morgan fingerprint density at radius 2 is 1.76 bits per heavy atom. The van der Waals surface area contributed by atoms with Crippen molar-refractivity contribution in [3.8, 4) is 11.8 Å². The van der Waals surface area contributed by atoms with Crippen LogP contribution in [0.2, 0.25) is 0 Å². The molecule has 0 spiro atoms. The standard InChI is InChI=1S/C22H19NO2/c1-4-18(9-8-16(2)3)19-10-12-20(13-11-19)22(24)25-21-7-5-6-17(14-21)15-23/h4-14H,1H2,2-3H3/b18-9+. The molecule has 0 atom stereocenters. The summed E-state index contributed by atoms with van der Waals surface area (Å²) < 4.78 is 5.31. The fourth-order valence-corrected chi connectivity index (χ4v) is 2.13. The molecule has 2 aromatic rings. The minimum absolute atomic E-state index is 0.350. The van der Waals surface area contributed by atoms with Crippen LogP contribution in [0.5, 0.6) is 5.75 Å². The van der Waals surface area contributed by atoms with Crippen LogP contribution in [0.3, 0.4) is 0 Å². The van der Waals surface area contributed by atoms with Crippen molar-refractivity contribution in [1.82, 2.24) is 0 Å². The molecule has 0 aliphatic rings. The summed E-state index contributed by atoms with van der Waals surface area (Å²) in [6.45, 7) is 7.88. The maximum Gasteiger partial charge on any atom is 0.343 e. The highest BCUT2D eigenvalue weighted by Crippen LogP contribution is 2.19. The lowest BCUT2D eigenvalue weighted by Crippen LogP contribution is -2.08. The molecule has 3 nitrogen and oxygen atoms in total. The van der Waals surface area contributed by atoms with E-state index in [2.05, 4.69) is 6.58 Å². The van der Waals surface area contributed by atoms with Crippen molar-refractivity contribution in [2.75, 3.05) is 0 Å². The number of nitrogens with zero attached hydrogens (tertiary/aromatic N) is 1. The molecule has 0 heterocycles. The zero-order chi connectivity index (χ0) is 18.2. The van der Waals surface area contributed by atoms with Gasteiger partial charge in [-0.2, -0.15) is 5.26 Å². The van der Waals surface area contributed by atoms with E-state index in [4.69, 9.17) is 10.00 Å². The van der Waals surface area contributed by atoms with E-state index in [-0.39, 0.29) is 0 Å². The molecule has 0 aliphatic heterocycles. The molecule has 0 saturated carbocycles. The molecule has 0 N–H and O–H groups in total. The minimum Gasteiger partial charge on any atom is -0.423 e. The highest BCUT2D eigenvalue weighted by atomic mass is 16.5. The number of rotatable bonds is 5. The summed E-state index contributed by atoms with van der Waals surface area (Å²) in [5, 5.41) is 8.89. The van der Waals surface area contributed by atoms with E-state index in [0.29, 0.717) is 16.9 Å². The van der Waals surface area contributed by atoms with Crippen LogP contribution in [0.15, 0.2) is 78.9 Å². The van der Waals surface area contributed by atoms with Crippen LogP contribution in [0.25, 0.3) is 5.57 Å². The number of benzene rings is 2. The number of esters is 1. The summed E-state index contributed by atoms with van der Waals surface area (Å²) >= 11 is 0. The quantitative estimate of drug-likeness (QED) is 0.424. The van der Waals surface area contributed by atoms with Crippen molar-refractivity contribution < 1.29 is 9.53 Å². The Morgan fingerprint density at radius 3 is 2.36 bits per heavy atom. The van der Waals surface area contributed by atoms with Gasteiger partial charge in [0.2, 0.25) is 0 Å². The van der Waals surface area contributed by atoms with E-state index in [1.54, 1.807) is 36.4 Å². The molecule has 0 saturated heterocycles. The number of carbonyl (C=O) groups excluding carboxylic acids is 1. The van der Waals surface area contributed by atoms with Crippen molar-refractivity contribution in [1.29, 1.82) is 5.26 Å². The molecule has 3 heteroatoms. The van der Waals surface area contributed by atoms with Crippen molar-refractivity contribution in [2.45, 2.75) is 13.8 Å². The normalized spacial score (nSPS) is 10.5. The molecule has 2 aromatic carbocycles. The van der Waals surface area contributed by atoms with Gasteiger partial charge < -0.3 is 4.74 Å². The summed E-state index contributed by atoms with van der Waals surface area (Å²) in [5.74, 6) is -0.113. The SMILES string of the molecule is C=C/C(=C\C=C(C)C)c1ccc(C(=O)Oc2cccc(C#N)c2)cc1. The third-order valence-corrected chi connectivity index (χ3v) is 3.44. The Morgan fingerprint density at radius 1 is 1.08 bits per heavy atom. The van der Waals surface area contributed by atoms with Gasteiger partial charge >= 0.3 is 5.97 Å². The zero-order valence-electron chi connectivity index (χ0n) is 14.3. The van der Waals surface area contributed by atoms with Crippen molar-refractivity contribution in [3.05, 3.63) is 95.6 Å². The Bertz CT molecular complexity index is 877. The highest BCUT2D eigenvalue weighted by molar-refractivity contribution is 5.91. The molecule has 124 valence electrons. The maximum absolute atomic E-state index is 12.2. The van der Waals surface area contributed by atoms with Gasteiger partial charge in [-0.15, -0.1) is 0 Å². The first-order chi connectivity index (χ1) is 12.0. The molecule has 0 fully saturated rings. The Kier molecular flexibility index (Phi) is 6.08. The molecule has 25 heavy (non-hydrogen) atoms. The molecule has 0 unspecified atom stereocenters. The third-order valence-electron chi connectivity index (χ3n) is 3.44. The average Bonchev–Trinajstić information content (AvgIpc) is 2.62. The second-order valence-corrected chi connectivity index (χ2v) is 5.68. The van der Waals surface area contributed by atoms with Crippen LogP contribution in [-0.2, 0) is 0 Å². The number of hydrogen-bond donors (Lipinski definition) is 0. The topological polar surface area (TPSA) is 50.1 Å². The molecule has 0 aromatic heterocycles. The number of nitriles is 1. The maximum atomic E-state index is 12.2. The van der Waals surface area contributed by atoms with E-state index in [1.807, 2.05) is 44.2 Å². The molecular weight excluding hydrogens is 310 g/mol. The highest BCUT2D eigenvalue weighted by Gasteiger charge is 2.09. The summed E-state index contributed by atoms with van der Waals surface area (Å²) in [5.41, 5.74) is 4.02. The first kappa shape index (κ1) is 18.0. The van der Waals surface area contributed by atoms with Crippen LogP contribution in [0, 0.1) is 11.3 Å². The molecule has 0 amide bonds. The number of allylic oxidation sites excluding steroid dienone is 5. The van der Waals surface area contributed by atoms with Crippen LogP contribution in [0.1, 0.15) is 35.3 Å². The monoisotopic (exact) mass is 329 g/mol. The lowest BCUT2D eigenvalue weighted by atomic mass is 10.0. The van der Waals surface area contributed by atoms with Gasteiger partial charge in [0.25, 0.3) is 0 Å². The second kappa shape index (κ2) is 8.47. The van der Waals surface area contributed by atoms with Gasteiger partial charge in [0.05, 0.1) is 17.2 Å². The van der Waals surface area contributed by atoms with Crippen LogP contribution >= 0.6 is 0 Å². The fraction of sp³-hybridized carbons (Fsp3) is 0.0909.